The number of piperidine rings is 2. The van der Waals surface area contributed by atoms with Gasteiger partial charge < -0.3 is 19.3 Å². The minimum atomic E-state index is -0.320. The highest BCUT2D eigenvalue weighted by molar-refractivity contribution is 5.94. The molecule has 1 aromatic carbocycles. The zero-order chi connectivity index (χ0) is 23.7. The third kappa shape index (κ3) is 4.86. The van der Waals surface area contributed by atoms with Gasteiger partial charge in [-0.3, -0.25) is 14.7 Å². The Morgan fingerprint density at radius 1 is 0.971 bits per heavy atom. The van der Waals surface area contributed by atoms with Crippen LogP contribution in [0.1, 0.15) is 44.9 Å². The largest absolute Gasteiger partial charge is 0.490 e. The molecule has 1 amide bonds. The van der Waals surface area contributed by atoms with E-state index in [0.717, 1.165) is 50.6 Å². The van der Waals surface area contributed by atoms with E-state index in [4.69, 9.17) is 9.47 Å². The molecule has 4 fully saturated rings. The number of aromatic nitrogens is 2. The van der Waals surface area contributed by atoms with Crippen molar-refractivity contribution in [3.63, 3.8) is 0 Å². The maximum Gasteiger partial charge on any atom is 0.254 e. The Morgan fingerprint density at radius 3 is 2.40 bits per heavy atom. The van der Waals surface area contributed by atoms with Crippen LogP contribution in [0.4, 0.5) is 11.5 Å². The molecule has 186 valence electrons. The van der Waals surface area contributed by atoms with Crippen LogP contribution in [0.25, 0.3) is 0 Å². The molecule has 6 rings (SSSR count). The normalized spacial score (nSPS) is 23.9. The number of hydrogen-bond acceptors (Lipinski definition) is 7. The third-order valence-corrected chi connectivity index (χ3v) is 8.32. The predicted octanol–water partition coefficient (Wildman–Crippen LogP) is 3.27. The fourth-order valence-electron chi connectivity index (χ4n) is 5.87. The van der Waals surface area contributed by atoms with Crippen LogP contribution in [0, 0.1) is 0 Å². The van der Waals surface area contributed by atoms with Crippen LogP contribution >= 0.6 is 0 Å². The summed E-state index contributed by atoms with van der Waals surface area (Å²) in [5, 5.41) is 0. The van der Waals surface area contributed by atoms with Gasteiger partial charge in [0.25, 0.3) is 5.91 Å². The van der Waals surface area contributed by atoms with Gasteiger partial charge in [0.1, 0.15) is 18.5 Å². The van der Waals surface area contributed by atoms with Gasteiger partial charge in [-0.2, -0.15) is 0 Å². The average molecular weight is 478 g/mol. The molecule has 1 aliphatic carbocycles. The maximum atomic E-state index is 12.5. The summed E-state index contributed by atoms with van der Waals surface area (Å²) in [5.74, 6) is 1.52. The lowest BCUT2D eigenvalue weighted by Crippen LogP contribution is -2.59. The fourth-order valence-corrected chi connectivity index (χ4v) is 5.87. The average Bonchev–Trinajstić information content (AvgIpc) is 2.87. The molecule has 4 heterocycles. The highest BCUT2D eigenvalue weighted by Gasteiger charge is 2.43. The molecule has 1 saturated carbocycles. The number of morpholine rings is 1. The van der Waals surface area contributed by atoms with Crippen molar-refractivity contribution < 1.29 is 14.3 Å². The summed E-state index contributed by atoms with van der Waals surface area (Å²) in [7, 11) is 0. The summed E-state index contributed by atoms with van der Waals surface area (Å²) in [6.07, 6.45) is 13.4. The molecule has 8 nitrogen and oxygen atoms in total. The van der Waals surface area contributed by atoms with Crippen molar-refractivity contribution >= 4 is 17.4 Å². The first-order valence-corrected chi connectivity index (χ1v) is 13.1. The minimum absolute atomic E-state index is 0.0529. The number of nitrogens with zero attached hydrogens (tertiary/aromatic N) is 5. The van der Waals surface area contributed by atoms with Crippen LogP contribution in [0.5, 0.6) is 5.75 Å². The van der Waals surface area contributed by atoms with Crippen molar-refractivity contribution in [2.75, 3.05) is 49.1 Å². The van der Waals surface area contributed by atoms with Crippen LogP contribution in [0.15, 0.2) is 42.9 Å². The van der Waals surface area contributed by atoms with Gasteiger partial charge in [-0.1, -0.05) is 6.42 Å². The molecule has 35 heavy (non-hydrogen) atoms. The minimum Gasteiger partial charge on any atom is -0.490 e. The standard InChI is InChI=1S/C27H35N5O3/c33-26-19-34-27(20-32(26)25-18-28-12-13-29-25)10-16-31(17-11-27)22-4-6-23(7-5-22)35-24-8-14-30(15-9-24)21-2-1-3-21/h4-7,12-13,18,21,24H,1-3,8-11,14-17,19-20H2. The molecule has 3 saturated heterocycles. The van der Waals surface area contributed by atoms with Gasteiger partial charge in [0.2, 0.25) is 0 Å². The molecule has 0 bridgehead atoms. The van der Waals surface area contributed by atoms with Crippen molar-refractivity contribution in [1.82, 2.24) is 14.9 Å². The molecular weight excluding hydrogens is 442 g/mol. The Hall–Kier alpha value is -2.71. The van der Waals surface area contributed by atoms with Crippen LogP contribution in [-0.2, 0) is 9.53 Å². The van der Waals surface area contributed by atoms with Gasteiger partial charge in [-0.05, 0) is 62.8 Å². The second kappa shape index (κ2) is 9.74. The highest BCUT2D eigenvalue weighted by atomic mass is 16.5. The van der Waals surface area contributed by atoms with Gasteiger partial charge in [0.15, 0.2) is 5.82 Å². The van der Waals surface area contributed by atoms with Crippen LogP contribution in [0.3, 0.4) is 0 Å². The van der Waals surface area contributed by atoms with E-state index >= 15 is 0 Å². The second-order valence-corrected chi connectivity index (χ2v) is 10.4. The van der Waals surface area contributed by atoms with E-state index in [-0.39, 0.29) is 18.1 Å². The number of likely N-dealkylation sites (tertiary alicyclic amines) is 1. The summed E-state index contributed by atoms with van der Waals surface area (Å²) >= 11 is 0. The molecule has 4 aliphatic rings. The molecule has 3 aliphatic heterocycles. The molecule has 1 aromatic heterocycles. The van der Waals surface area contributed by atoms with E-state index in [1.54, 1.807) is 23.5 Å². The molecular formula is C27H35N5O3. The maximum absolute atomic E-state index is 12.5. The molecule has 0 unspecified atom stereocenters. The zero-order valence-electron chi connectivity index (χ0n) is 20.3. The summed E-state index contributed by atoms with van der Waals surface area (Å²) in [4.78, 5) is 27.7. The monoisotopic (exact) mass is 477 g/mol. The van der Waals surface area contributed by atoms with Crippen LogP contribution in [0.2, 0.25) is 0 Å². The number of benzene rings is 1. The van der Waals surface area contributed by atoms with Crippen molar-refractivity contribution in [3.05, 3.63) is 42.9 Å². The van der Waals surface area contributed by atoms with Gasteiger partial charge in [-0.15, -0.1) is 0 Å². The molecule has 2 aromatic rings. The molecule has 0 radical (unpaired) electrons. The SMILES string of the molecule is O=C1COC2(CCN(c3ccc(OC4CCN(C5CCC5)CC4)cc3)CC2)CN1c1cnccn1. The summed E-state index contributed by atoms with van der Waals surface area (Å²) < 4.78 is 12.4. The van der Waals surface area contributed by atoms with Gasteiger partial charge in [0.05, 0.1) is 18.3 Å². The Bertz CT molecular complexity index is 997. The number of carbonyl (C=O) groups is 1. The Morgan fingerprint density at radius 2 is 1.74 bits per heavy atom. The van der Waals surface area contributed by atoms with E-state index in [1.807, 2.05) is 0 Å². The van der Waals surface area contributed by atoms with Gasteiger partial charge in [0, 0.05) is 50.3 Å². The van der Waals surface area contributed by atoms with E-state index in [2.05, 4.69) is 44.0 Å². The number of carbonyl (C=O) groups excluding carboxylic acids is 1. The van der Waals surface area contributed by atoms with Gasteiger partial charge in [-0.25, -0.2) is 4.98 Å². The first-order valence-electron chi connectivity index (χ1n) is 13.1. The van der Waals surface area contributed by atoms with E-state index in [0.29, 0.717) is 18.5 Å². The number of anilines is 2. The Kier molecular flexibility index (Phi) is 6.33. The third-order valence-electron chi connectivity index (χ3n) is 8.32. The lowest BCUT2D eigenvalue weighted by molar-refractivity contribution is -0.141. The fraction of sp³-hybridized carbons (Fsp3) is 0.593. The van der Waals surface area contributed by atoms with Crippen LogP contribution < -0.4 is 14.5 Å². The van der Waals surface area contributed by atoms with Crippen LogP contribution in [-0.4, -0.2) is 77.9 Å². The lowest BCUT2D eigenvalue weighted by atomic mass is 9.89. The summed E-state index contributed by atoms with van der Waals surface area (Å²) in [5.41, 5.74) is 0.893. The lowest BCUT2D eigenvalue weighted by Gasteiger charge is -2.47. The quantitative estimate of drug-likeness (QED) is 0.655. The smallest absolute Gasteiger partial charge is 0.254 e. The van der Waals surface area contributed by atoms with E-state index < -0.39 is 0 Å². The van der Waals surface area contributed by atoms with Crippen molar-refractivity contribution in [3.8, 4) is 5.75 Å². The highest BCUT2D eigenvalue weighted by Crippen LogP contribution is 2.34. The first kappa shape index (κ1) is 22.7. The number of hydrogen-bond donors (Lipinski definition) is 0. The van der Waals surface area contributed by atoms with Crippen molar-refractivity contribution in [1.29, 1.82) is 0 Å². The first-order chi connectivity index (χ1) is 17.2. The zero-order valence-corrected chi connectivity index (χ0v) is 20.3. The predicted molar refractivity (Wildman–Crippen MR) is 134 cm³/mol. The summed E-state index contributed by atoms with van der Waals surface area (Å²) in [6.45, 7) is 4.76. The number of rotatable bonds is 5. The molecule has 8 heteroatoms. The Balaban J connectivity index is 1.01. The van der Waals surface area contributed by atoms with E-state index in [1.165, 1.54) is 38.0 Å². The van der Waals surface area contributed by atoms with E-state index in [9.17, 15) is 4.79 Å². The summed E-state index contributed by atoms with van der Waals surface area (Å²) in [6, 6.07) is 9.42. The molecule has 1 spiro atoms. The topological polar surface area (TPSA) is 71.0 Å². The molecule has 0 N–H and O–H groups in total. The second-order valence-electron chi connectivity index (χ2n) is 10.4. The van der Waals surface area contributed by atoms with Crippen molar-refractivity contribution in [2.24, 2.45) is 0 Å². The number of amides is 1. The molecule has 0 atom stereocenters. The Labute approximate surface area is 207 Å². The van der Waals surface area contributed by atoms with Crippen molar-refractivity contribution in [2.45, 2.75) is 62.7 Å². The van der Waals surface area contributed by atoms with Gasteiger partial charge >= 0.3 is 0 Å². The number of ether oxygens (including phenoxy) is 2.